The average molecular weight is 258 g/mol. The fraction of sp³-hybridized carbons (Fsp3) is 0.222. The molecule has 0 amide bonds. The third-order valence-electron chi connectivity index (χ3n) is 2.03. The minimum Gasteiger partial charge on any atom is -0.291 e. The lowest BCUT2D eigenvalue weighted by molar-refractivity contribution is 0.0970. The summed E-state index contributed by atoms with van der Waals surface area (Å²) < 4.78 is 2.99. The van der Waals surface area contributed by atoms with Gasteiger partial charge in [0.25, 0.3) is 0 Å². The van der Waals surface area contributed by atoms with Crippen molar-refractivity contribution >= 4 is 28.7 Å². The molecule has 0 fully saturated rings. The van der Waals surface area contributed by atoms with Gasteiger partial charge in [-0.05, 0) is 12.1 Å². The zero-order chi connectivity index (χ0) is 11.7. The van der Waals surface area contributed by atoms with Crippen molar-refractivity contribution in [2.75, 3.05) is 0 Å². The number of Topliss-reactive ketones (excluding diaryl/α,β-unsaturated/α-hetero) is 1. The second kappa shape index (κ2) is 4.23. The quantitative estimate of drug-likeness (QED) is 0.776. The molecule has 2 rings (SSSR count). The van der Waals surface area contributed by atoms with Crippen molar-refractivity contribution in [2.45, 2.75) is 6.54 Å². The highest BCUT2D eigenvalue weighted by Gasteiger charge is 2.12. The topological polar surface area (TPSA) is 56.9 Å². The molecular weight excluding hydrogens is 250 g/mol. The van der Waals surface area contributed by atoms with Gasteiger partial charge in [0.05, 0.1) is 9.21 Å². The van der Waals surface area contributed by atoms with E-state index in [4.69, 9.17) is 11.6 Å². The minimum atomic E-state index is -0.309. The minimum absolute atomic E-state index is 0.0590. The standard InChI is InChI=1S/C9H8ClN3O2S/c1-12-5-11-13(9(12)15)4-6(14)7-2-3-8(10)16-7/h2-3,5H,4H2,1H3. The van der Waals surface area contributed by atoms with Crippen LogP contribution < -0.4 is 5.69 Å². The lowest BCUT2D eigenvalue weighted by Gasteiger charge is -1.96. The summed E-state index contributed by atoms with van der Waals surface area (Å²) in [5, 5.41) is 3.81. The van der Waals surface area contributed by atoms with Gasteiger partial charge >= 0.3 is 5.69 Å². The smallest absolute Gasteiger partial charge is 0.291 e. The number of nitrogens with zero attached hydrogens (tertiary/aromatic N) is 3. The maximum Gasteiger partial charge on any atom is 0.345 e. The third kappa shape index (κ3) is 2.07. The first-order chi connectivity index (χ1) is 7.58. The fourth-order valence-corrected chi connectivity index (χ4v) is 2.18. The van der Waals surface area contributed by atoms with Crippen LogP contribution >= 0.6 is 22.9 Å². The number of aromatic nitrogens is 3. The molecule has 16 heavy (non-hydrogen) atoms. The molecule has 2 aromatic rings. The van der Waals surface area contributed by atoms with Crippen LogP contribution in [0.5, 0.6) is 0 Å². The molecule has 2 heterocycles. The Morgan fingerprint density at radius 1 is 1.56 bits per heavy atom. The number of thiophene rings is 1. The SMILES string of the molecule is Cn1cnn(CC(=O)c2ccc(Cl)s2)c1=O. The number of aryl methyl sites for hydroxylation is 1. The van der Waals surface area contributed by atoms with Crippen LogP contribution in [-0.4, -0.2) is 20.1 Å². The normalized spacial score (nSPS) is 10.6. The lowest BCUT2D eigenvalue weighted by atomic mass is 10.3. The van der Waals surface area contributed by atoms with Crippen LogP contribution in [0.15, 0.2) is 23.3 Å². The molecule has 84 valence electrons. The van der Waals surface area contributed by atoms with Crippen molar-refractivity contribution < 1.29 is 4.79 Å². The molecule has 5 nitrogen and oxygen atoms in total. The molecule has 0 saturated carbocycles. The van der Waals surface area contributed by atoms with E-state index in [0.717, 1.165) is 4.68 Å². The number of rotatable bonds is 3. The van der Waals surface area contributed by atoms with E-state index in [0.29, 0.717) is 9.21 Å². The zero-order valence-corrected chi connectivity index (χ0v) is 9.96. The van der Waals surface area contributed by atoms with Gasteiger partial charge in [-0.2, -0.15) is 5.10 Å². The lowest BCUT2D eigenvalue weighted by Crippen LogP contribution is -2.26. The molecule has 0 spiro atoms. The summed E-state index contributed by atoms with van der Waals surface area (Å²) in [6.45, 7) is -0.0590. The van der Waals surface area contributed by atoms with Crippen molar-refractivity contribution in [1.82, 2.24) is 14.3 Å². The largest absolute Gasteiger partial charge is 0.345 e. The first-order valence-corrected chi connectivity index (χ1v) is 5.64. The summed E-state index contributed by atoms with van der Waals surface area (Å²) in [4.78, 5) is 23.7. The Kier molecular flexibility index (Phi) is 2.93. The Bertz CT molecular complexity index is 584. The van der Waals surface area contributed by atoms with Crippen molar-refractivity contribution in [2.24, 2.45) is 7.05 Å². The van der Waals surface area contributed by atoms with E-state index >= 15 is 0 Å². The van der Waals surface area contributed by atoms with Gasteiger partial charge in [-0.15, -0.1) is 11.3 Å². The highest BCUT2D eigenvalue weighted by Crippen LogP contribution is 2.21. The Morgan fingerprint density at radius 2 is 2.31 bits per heavy atom. The summed E-state index contributed by atoms with van der Waals surface area (Å²) in [6.07, 6.45) is 1.37. The molecule has 2 aromatic heterocycles. The first kappa shape index (κ1) is 11.1. The van der Waals surface area contributed by atoms with E-state index in [1.165, 1.54) is 22.2 Å². The van der Waals surface area contributed by atoms with Gasteiger partial charge < -0.3 is 0 Å². The number of hydrogen-bond donors (Lipinski definition) is 0. The Hall–Kier alpha value is -1.40. The van der Waals surface area contributed by atoms with E-state index in [-0.39, 0.29) is 18.0 Å². The number of carbonyl (C=O) groups is 1. The van der Waals surface area contributed by atoms with Crippen LogP contribution in [0.1, 0.15) is 9.67 Å². The van der Waals surface area contributed by atoms with Crippen molar-refractivity contribution in [3.05, 3.63) is 38.2 Å². The van der Waals surface area contributed by atoms with Crippen LogP contribution in [0.25, 0.3) is 0 Å². The third-order valence-corrected chi connectivity index (χ3v) is 3.30. The van der Waals surface area contributed by atoms with Crippen LogP contribution in [-0.2, 0) is 13.6 Å². The molecule has 0 N–H and O–H groups in total. The van der Waals surface area contributed by atoms with Gasteiger partial charge in [0.1, 0.15) is 12.9 Å². The highest BCUT2D eigenvalue weighted by atomic mass is 35.5. The van der Waals surface area contributed by atoms with E-state index < -0.39 is 0 Å². The van der Waals surface area contributed by atoms with Crippen LogP contribution in [0.2, 0.25) is 4.34 Å². The summed E-state index contributed by atoms with van der Waals surface area (Å²) in [5.74, 6) is -0.169. The van der Waals surface area contributed by atoms with Crippen LogP contribution in [0, 0.1) is 0 Å². The van der Waals surface area contributed by atoms with Gasteiger partial charge in [0, 0.05) is 7.05 Å². The summed E-state index contributed by atoms with van der Waals surface area (Å²) in [6, 6.07) is 3.30. The first-order valence-electron chi connectivity index (χ1n) is 4.45. The highest BCUT2D eigenvalue weighted by molar-refractivity contribution is 7.18. The van der Waals surface area contributed by atoms with E-state index in [1.54, 1.807) is 19.2 Å². The van der Waals surface area contributed by atoms with Crippen molar-refractivity contribution in [3.8, 4) is 0 Å². The molecule has 0 radical (unpaired) electrons. The van der Waals surface area contributed by atoms with Gasteiger partial charge in [0.2, 0.25) is 0 Å². The second-order valence-electron chi connectivity index (χ2n) is 3.21. The number of halogens is 1. The molecule has 7 heteroatoms. The zero-order valence-electron chi connectivity index (χ0n) is 8.38. The predicted octanol–water partition coefficient (Wildman–Crippen LogP) is 1.18. The number of ketones is 1. The van der Waals surface area contributed by atoms with E-state index in [9.17, 15) is 9.59 Å². The molecule has 0 aliphatic heterocycles. The Morgan fingerprint density at radius 3 is 2.81 bits per heavy atom. The van der Waals surface area contributed by atoms with Crippen LogP contribution in [0.4, 0.5) is 0 Å². The van der Waals surface area contributed by atoms with E-state index in [1.807, 2.05) is 0 Å². The van der Waals surface area contributed by atoms with Gasteiger partial charge in [0.15, 0.2) is 5.78 Å². The van der Waals surface area contributed by atoms with E-state index in [2.05, 4.69) is 5.10 Å². The average Bonchev–Trinajstić information content (AvgIpc) is 2.79. The molecule has 0 atom stereocenters. The summed E-state index contributed by atoms with van der Waals surface area (Å²) in [7, 11) is 1.58. The molecule has 0 bridgehead atoms. The molecule has 0 aromatic carbocycles. The number of hydrogen-bond acceptors (Lipinski definition) is 4. The molecular formula is C9H8ClN3O2S. The molecule has 0 aliphatic rings. The van der Waals surface area contributed by atoms with Gasteiger partial charge in [-0.25, -0.2) is 9.48 Å². The fourth-order valence-electron chi connectivity index (χ4n) is 1.21. The summed E-state index contributed by atoms with van der Waals surface area (Å²) in [5.41, 5.74) is -0.309. The van der Waals surface area contributed by atoms with Crippen molar-refractivity contribution in [3.63, 3.8) is 0 Å². The van der Waals surface area contributed by atoms with Gasteiger partial charge in [-0.1, -0.05) is 11.6 Å². The Labute approximate surface area is 99.9 Å². The second-order valence-corrected chi connectivity index (χ2v) is 4.92. The maximum absolute atomic E-state index is 11.7. The maximum atomic E-state index is 11.7. The van der Waals surface area contributed by atoms with Crippen LogP contribution in [0.3, 0.4) is 0 Å². The monoisotopic (exact) mass is 257 g/mol. The molecule has 0 unspecified atom stereocenters. The number of carbonyl (C=O) groups excluding carboxylic acids is 1. The molecule has 0 saturated heterocycles. The van der Waals surface area contributed by atoms with Crippen molar-refractivity contribution in [1.29, 1.82) is 0 Å². The summed E-state index contributed by atoms with van der Waals surface area (Å²) >= 11 is 6.91. The molecule has 0 aliphatic carbocycles. The predicted molar refractivity (Wildman–Crippen MR) is 61.1 cm³/mol. The Balaban J connectivity index is 2.20. The van der Waals surface area contributed by atoms with Gasteiger partial charge in [-0.3, -0.25) is 9.36 Å².